The Labute approximate surface area is 110 Å². The van der Waals surface area contributed by atoms with Crippen LogP contribution in [-0.4, -0.2) is 34.3 Å². The summed E-state index contributed by atoms with van der Waals surface area (Å²) in [5.41, 5.74) is 1.87. The Morgan fingerprint density at radius 3 is 2.74 bits per heavy atom. The van der Waals surface area contributed by atoms with Crippen molar-refractivity contribution in [2.45, 2.75) is 19.8 Å². The van der Waals surface area contributed by atoms with Crippen LogP contribution >= 0.6 is 0 Å². The zero-order valence-corrected chi connectivity index (χ0v) is 10.6. The molecule has 0 spiro atoms. The maximum atomic E-state index is 12.0. The lowest BCUT2D eigenvalue weighted by Gasteiger charge is -2.14. The Bertz CT molecular complexity index is 538. The van der Waals surface area contributed by atoms with Crippen LogP contribution in [0, 0.1) is 12.8 Å². The van der Waals surface area contributed by atoms with E-state index in [0.717, 1.165) is 16.0 Å². The maximum absolute atomic E-state index is 12.0. The van der Waals surface area contributed by atoms with Gasteiger partial charge in [0.25, 0.3) is 0 Å². The number of hydrogen-bond acceptors (Lipinski definition) is 3. The lowest BCUT2D eigenvalue weighted by Crippen LogP contribution is -2.34. The highest BCUT2D eigenvalue weighted by atomic mass is 16.4. The van der Waals surface area contributed by atoms with E-state index < -0.39 is 17.8 Å². The molecule has 100 valence electrons. The number of imide groups is 1. The molecule has 2 amide bonds. The molecule has 5 nitrogen and oxygen atoms in total. The van der Waals surface area contributed by atoms with Gasteiger partial charge in [-0.25, -0.2) is 0 Å². The van der Waals surface area contributed by atoms with E-state index in [0.29, 0.717) is 0 Å². The summed E-state index contributed by atoms with van der Waals surface area (Å²) in [7, 11) is 0. The molecule has 1 saturated heterocycles. The number of aryl methyl sites for hydroxylation is 1. The number of carbonyl (C=O) groups excluding carboxylic acids is 2. The Morgan fingerprint density at radius 1 is 1.42 bits per heavy atom. The summed E-state index contributed by atoms with van der Waals surface area (Å²) >= 11 is 0. The van der Waals surface area contributed by atoms with E-state index in [4.69, 9.17) is 5.11 Å². The number of carboxylic acids is 1. The van der Waals surface area contributed by atoms with Gasteiger partial charge in [0.1, 0.15) is 0 Å². The van der Waals surface area contributed by atoms with Gasteiger partial charge in [0.05, 0.1) is 12.3 Å². The fourth-order valence-electron chi connectivity index (χ4n) is 2.21. The SMILES string of the molecule is Cc1cccc(CC(=O)N2CC(C(=O)O)CC2=O)c1. The van der Waals surface area contributed by atoms with Crippen molar-refractivity contribution in [2.24, 2.45) is 5.92 Å². The number of rotatable bonds is 3. The van der Waals surface area contributed by atoms with Crippen LogP contribution < -0.4 is 0 Å². The highest BCUT2D eigenvalue weighted by molar-refractivity contribution is 5.99. The van der Waals surface area contributed by atoms with Crippen LogP contribution in [-0.2, 0) is 20.8 Å². The largest absolute Gasteiger partial charge is 0.481 e. The van der Waals surface area contributed by atoms with Crippen LogP contribution in [0.4, 0.5) is 0 Å². The van der Waals surface area contributed by atoms with Crippen molar-refractivity contribution >= 4 is 17.8 Å². The number of benzene rings is 1. The summed E-state index contributed by atoms with van der Waals surface area (Å²) in [4.78, 5) is 35.5. The van der Waals surface area contributed by atoms with Crippen molar-refractivity contribution in [1.82, 2.24) is 4.90 Å². The summed E-state index contributed by atoms with van der Waals surface area (Å²) in [5, 5.41) is 8.87. The third kappa shape index (κ3) is 2.99. The molecule has 1 unspecified atom stereocenters. The van der Waals surface area contributed by atoms with Crippen molar-refractivity contribution in [1.29, 1.82) is 0 Å². The number of aliphatic carboxylic acids is 1. The second-order valence-electron chi connectivity index (χ2n) is 4.80. The Kier molecular flexibility index (Phi) is 3.64. The molecular weight excluding hydrogens is 246 g/mol. The average Bonchev–Trinajstić information content (AvgIpc) is 2.71. The molecule has 0 bridgehead atoms. The van der Waals surface area contributed by atoms with Crippen molar-refractivity contribution in [3.63, 3.8) is 0 Å². The summed E-state index contributed by atoms with van der Waals surface area (Å²) in [6.45, 7) is 1.91. The Hall–Kier alpha value is -2.17. The summed E-state index contributed by atoms with van der Waals surface area (Å²) in [6.07, 6.45) is 0.0364. The molecule has 1 aliphatic heterocycles. The quantitative estimate of drug-likeness (QED) is 0.880. The molecule has 1 heterocycles. The highest BCUT2D eigenvalue weighted by Gasteiger charge is 2.37. The van der Waals surface area contributed by atoms with Gasteiger partial charge in [0, 0.05) is 13.0 Å². The minimum atomic E-state index is -1.03. The second-order valence-corrected chi connectivity index (χ2v) is 4.80. The minimum Gasteiger partial charge on any atom is -0.481 e. The van der Waals surface area contributed by atoms with Gasteiger partial charge in [0.15, 0.2) is 0 Å². The normalized spacial score (nSPS) is 18.7. The van der Waals surface area contributed by atoms with Crippen LogP contribution in [0.15, 0.2) is 24.3 Å². The fraction of sp³-hybridized carbons (Fsp3) is 0.357. The Balaban J connectivity index is 2.05. The van der Waals surface area contributed by atoms with Gasteiger partial charge >= 0.3 is 5.97 Å². The van der Waals surface area contributed by atoms with Crippen LogP contribution in [0.2, 0.25) is 0 Å². The highest BCUT2D eigenvalue weighted by Crippen LogP contribution is 2.19. The van der Waals surface area contributed by atoms with E-state index in [9.17, 15) is 14.4 Å². The first-order valence-electron chi connectivity index (χ1n) is 6.09. The molecule has 19 heavy (non-hydrogen) atoms. The molecule has 1 aliphatic rings. The summed E-state index contributed by atoms with van der Waals surface area (Å²) in [6, 6.07) is 7.48. The number of amides is 2. The van der Waals surface area contributed by atoms with Gasteiger partial charge in [-0.2, -0.15) is 0 Å². The number of carboxylic acid groups (broad SMARTS) is 1. The number of carbonyl (C=O) groups is 3. The van der Waals surface area contributed by atoms with E-state index in [-0.39, 0.29) is 25.3 Å². The van der Waals surface area contributed by atoms with E-state index in [1.807, 2.05) is 31.2 Å². The molecule has 1 atom stereocenters. The molecular formula is C14H15NO4. The molecule has 1 N–H and O–H groups in total. The minimum absolute atomic E-state index is 0.0151. The standard InChI is InChI=1S/C14H15NO4/c1-9-3-2-4-10(5-9)6-12(16)15-8-11(14(18)19)7-13(15)17/h2-5,11H,6-8H2,1H3,(H,18,19). The molecule has 0 aromatic heterocycles. The molecule has 0 radical (unpaired) electrons. The summed E-state index contributed by atoms with van der Waals surface area (Å²) in [5.74, 6) is -2.53. The topological polar surface area (TPSA) is 74.7 Å². The molecule has 1 aromatic rings. The predicted octanol–water partition coefficient (Wildman–Crippen LogP) is 0.997. The van der Waals surface area contributed by atoms with Crippen LogP contribution in [0.3, 0.4) is 0 Å². The van der Waals surface area contributed by atoms with Gasteiger partial charge < -0.3 is 5.11 Å². The zero-order valence-electron chi connectivity index (χ0n) is 10.6. The molecule has 2 rings (SSSR count). The van der Waals surface area contributed by atoms with E-state index in [2.05, 4.69) is 0 Å². The van der Waals surface area contributed by atoms with Crippen molar-refractivity contribution in [2.75, 3.05) is 6.54 Å². The van der Waals surface area contributed by atoms with E-state index in [1.165, 1.54) is 0 Å². The van der Waals surface area contributed by atoms with E-state index >= 15 is 0 Å². The molecule has 0 aliphatic carbocycles. The average molecular weight is 261 g/mol. The van der Waals surface area contributed by atoms with Gasteiger partial charge in [-0.05, 0) is 12.5 Å². The first-order chi connectivity index (χ1) is 8.97. The van der Waals surface area contributed by atoms with Crippen molar-refractivity contribution in [3.05, 3.63) is 35.4 Å². The molecule has 5 heteroatoms. The van der Waals surface area contributed by atoms with Gasteiger partial charge in [0.2, 0.25) is 11.8 Å². The third-order valence-electron chi connectivity index (χ3n) is 3.21. The van der Waals surface area contributed by atoms with Crippen molar-refractivity contribution in [3.8, 4) is 0 Å². The molecule has 1 aromatic carbocycles. The van der Waals surface area contributed by atoms with E-state index in [1.54, 1.807) is 0 Å². The number of likely N-dealkylation sites (tertiary alicyclic amines) is 1. The smallest absolute Gasteiger partial charge is 0.308 e. The maximum Gasteiger partial charge on any atom is 0.308 e. The lowest BCUT2D eigenvalue weighted by atomic mass is 10.1. The first kappa shape index (κ1) is 13.3. The predicted molar refractivity (Wildman–Crippen MR) is 67.3 cm³/mol. The monoisotopic (exact) mass is 261 g/mol. The van der Waals surface area contributed by atoms with Gasteiger partial charge in [-0.1, -0.05) is 29.8 Å². The summed E-state index contributed by atoms with van der Waals surface area (Å²) < 4.78 is 0. The molecule has 1 fully saturated rings. The molecule has 0 saturated carbocycles. The number of hydrogen-bond donors (Lipinski definition) is 1. The fourth-order valence-corrected chi connectivity index (χ4v) is 2.21. The zero-order chi connectivity index (χ0) is 14.0. The Morgan fingerprint density at radius 2 is 2.16 bits per heavy atom. The lowest BCUT2D eigenvalue weighted by molar-refractivity contribution is -0.141. The first-order valence-corrected chi connectivity index (χ1v) is 6.09. The second kappa shape index (κ2) is 5.22. The van der Waals surface area contributed by atoms with Crippen LogP contribution in [0.25, 0.3) is 0 Å². The van der Waals surface area contributed by atoms with Gasteiger partial charge in [-0.15, -0.1) is 0 Å². The third-order valence-corrected chi connectivity index (χ3v) is 3.21. The van der Waals surface area contributed by atoms with Crippen LogP contribution in [0.5, 0.6) is 0 Å². The van der Waals surface area contributed by atoms with Crippen molar-refractivity contribution < 1.29 is 19.5 Å². The number of nitrogens with zero attached hydrogens (tertiary/aromatic N) is 1. The van der Waals surface area contributed by atoms with Crippen LogP contribution in [0.1, 0.15) is 17.5 Å². The van der Waals surface area contributed by atoms with Gasteiger partial charge in [-0.3, -0.25) is 19.3 Å².